The molecule has 17 heavy (non-hydrogen) atoms. The molecule has 0 amide bonds. The summed E-state index contributed by atoms with van der Waals surface area (Å²) in [6, 6.07) is 5.93. The third-order valence-corrected chi connectivity index (χ3v) is 3.18. The lowest BCUT2D eigenvalue weighted by atomic mass is 10.0. The van der Waals surface area contributed by atoms with Crippen LogP contribution in [-0.2, 0) is 4.79 Å². The van der Waals surface area contributed by atoms with Crippen LogP contribution in [0, 0.1) is 6.92 Å². The molecule has 4 heteroatoms. The largest absolute Gasteiger partial charge is 0.478 e. The van der Waals surface area contributed by atoms with Crippen LogP contribution in [0.3, 0.4) is 0 Å². The SMILES string of the molecule is C/C(=C\C(=O)O)c1c(C)[nH]c2ccc(Br)cc12. The van der Waals surface area contributed by atoms with E-state index in [4.69, 9.17) is 5.11 Å². The number of aryl methyl sites for hydroxylation is 1. The van der Waals surface area contributed by atoms with Crippen molar-refractivity contribution in [2.45, 2.75) is 13.8 Å². The van der Waals surface area contributed by atoms with Gasteiger partial charge in [0.15, 0.2) is 0 Å². The molecule has 0 radical (unpaired) electrons. The van der Waals surface area contributed by atoms with Crippen molar-refractivity contribution >= 4 is 38.4 Å². The van der Waals surface area contributed by atoms with Crippen molar-refractivity contribution in [1.29, 1.82) is 0 Å². The van der Waals surface area contributed by atoms with E-state index in [1.807, 2.05) is 32.0 Å². The van der Waals surface area contributed by atoms with Crippen LogP contribution >= 0.6 is 15.9 Å². The van der Waals surface area contributed by atoms with Crippen molar-refractivity contribution in [2.24, 2.45) is 0 Å². The second-order valence-electron chi connectivity index (χ2n) is 3.98. The lowest BCUT2D eigenvalue weighted by Gasteiger charge is -2.01. The molecule has 3 nitrogen and oxygen atoms in total. The summed E-state index contributed by atoms with van der Waals surface area (Å²) in [7, 11) is 0. The molecule has 0 unspecified atom stereocenters. The van der Waals surface area contributed by atoms with Gasteiger partial charge in [-0.25, -0.2) is 4.79 Å². The Bertz CT molecular complexity index is 626. The summed E-state index contributed by atoms with van der Waals surface area (Å²) >= 11 is 3.43. The third-order valence-electron chi connectivity index (χ3n) is 2.68. The molecule has 0 fully saturated rings. The van der Waals surface area contributed by atoms with E-state index in [0.29, 0.717) is 0 Å². The zero-order valence-corrected chi connectivity index (χ0v) is 11.1. The molecule has 0 aliphatic heterocycles. The number of H-pyrrole nitrogens is 1. The summed E-state index contributed by atoms with van der Waals surface area (Å²) in [6.07, 6.45) is 1.23. The summed E-state index contributed by atoms with van der Waals surface area (Å²) in [5.74, 6) is -0.925. The molecule has 0 bridgehead atoms. The van der Waals surface area contributed by atoms with Gasteiger partial charge in [0.1, 0.15) is 0 Å². The van der Waals surface area contributed by atoms with Gasteiger partial charge >= 0.3 is 5.97 Å². The summed E-state index contributed by atoms with van der Waals surface area (Å²) in [5.41, 5.74) is 3.70. The predicted molar refractivity (Wildman–Crippen MR) is 72.0 cm³/mol. The summed E-state index contributed by atoms with van der Waals surface area (Å²) in [6.45, 7) is 3.76. The quantitative estimate of drug-likeness (QED) is 0.829. The van der Waals surface area contributed by atoms with Gasteiger partial charge < -0.3 is 10.1 Å². The number of nitrogens with one attached hydrogen (secondary N) is 1. The maximum atomic E-state index is 10.7. The molecule has 0 saturated carbocycles. The highest BCUT2D eigenvalue weighted by atomic mass is 79.9. The summed E-state index contributed by atoms with van der Waals surface area (Å²) in [5, 5.41) is 9.84. The molecule has 2 rings (SSSR count). The van der Waals surface area contributed by atoms with Crippen molar-refractivity contribution in [3.63, 3.8) is 0 Å². The number of halogens is 1. The molecule has 1 heterocycles. The molecular formula is C13H12BrNO2. The maximum Gasteiger partial charge on any atom is 0.328 e. The van der Waals surface area contributed by atoms with Gasteiger partial charge in [-0.15, -0.1) is 0 Å². The first kappa shape index (κ1) is 11.9. The van der Waals surface area contributed by atoms with Gasteiger partial charge in [-0.05, 0) is 37.6 Å². The number of hydrogen-bond donors (Lipinski definition) is 2. The Hall–Kier alpha value is -1.55. The normalized spacial score (nSPS) is 12.1. The Balaban J connectivity index is 2.72. The van der Waals surface area contributed by atoms with E-state index in [1.54, 1.807) is 0 Å². The predicted octanol–water partition coefficient (Wildman–Crippen LogP) is 3.73. The number of carboxylic acid groups (broad SMARTS) is 1. The van der Waals surface area contributed by atoms with E-state index in [2.05, 4.69) is 20.9 Å². The standard InChI is InChI=1S/C13H12BrNO2/c1-7(5-12(16)17)13-8(2)15-11-4-3-9(14)6-10(11)13/h3-6,15H,1-2H3,(H,16,17)/b7-5+. The number of rotatable bonds is 2. The first-order valence-electron chi connectivity index (χ1n) is 5.18. The Morgan fingerprint density at radius 1 is 1.47 bits per heavy atom. The fourth-order valence-electron chi connectivity index (χ4n) is 2.06. The number of carboxylic acids is 1. The first-order chi connectivity index (χ1) is 7.99. The van der Waals surface area contributed by atoms with Crippen LogP contribution in [0.5, 0.6) is 0 Å². The first-order valence-corrected chi connectivity index (χ1v) is 5.98. The number of aromatic amines is 1. The van der Waals surface area contributed by atoms with Crippen LogP contribution in [-0.4, -0.2) is 16.1 Å². The van der Waals surface area contributed by atoms with Gasteiger partial charge in [0.2, 0.25) is 0 Å². The minimum Gasteiger partial charge on any atom is -0.478 e. The molecular weight excluding hydrogens is 282 g/mol. The number of aromatic nitrogens is 1. The third kappa shape index (κ3) is 2.26. The van der Waals surface area contributed by atoms with Gasteiger partial charge in [-0.2, -0.15) is 0 Å². The van der Waals surface area contributed by atoms with Gasteiger partial charge in [0.05, 0.1) is 0 Å². The molecule has 0 spiro atoms. The van der Waals surface area contributed by atoms with Gasteiger partial charge in [-0.1, -0.05) is 15.9 Å². The van der Waals surface area contributed by atoms with E-state index in [1.165, 1.54) is 6.08 Å². The highest BCUT2D eigenvalue weighted by Gasteiger charge is 2.11. The topological polar surface area (TPSA) is 53.1 Å². The van der Waals surface area contributed by atoms with Crippen molar-refractivity contribution in [2.75, 3.05) is 0 Å². The zero-order chi connectivity index (χ0) is 12.6. The number of carbonyl (C=O) groups is 1. The van der Waals surface area contributed by atoms with Crippen molar-refractivity contribution in [1.82, 2.24) is 4.98 Å². The molecule has 0 aliphatic rings. The molecule has 2 N–H and O–H groups in total. The van der Waals surface area contributed by atoms with E-state index in [0.717, 1.165) is 32.2 Å². The van der Waals surface area contributed by atoms with E-state index < -0.39 is 5.97 Å². The average molecular weight is 294 g/mol. The number of allylic oxidation sites excluding steroid dienone is 1. The van der Waals surface area contributed by atoms with Crippen molar-refractivity contribution in [3.05, 3.63) is 40.0 Å². The average Bonchev–Trinajstić information content (AvgIpc) is 2.52. The van der Waals surface area contributed by atoms with E-state index in [9.17, 15) is 4.79 Å². The van der Waals surface area contributed by atoms with E-state index in [-0.39, 0.29) is 0 Å². The van der Waals surface area contributed by atoms with Crippen molar-refractivity contribution < 1.29 is 9.90 Å². The lowest BCUT2D eigenvalue weighted by Crippen LogP contribution is -1.90. The number of benzene rings is 1. The fourth-order valence-corrected chi connectivity index (χ4v) is 2.43. The molecule has 0 aliphatic carbocycles. The maximum absolute atomic E-state index is 10.7. The molecule has 1 aromatic carbocycles. The van der Waals surface area contributed by atoms with Gasteiger partial charge in [-0.3, -0.25) is 0 Å². The molecule has 1 aromatic heterocycles. The van der Waals surface area contributed by atoms with Gasteiger partial charge in [0.25, 0.3) is 0 Å². The summed E-state index contributed by atoms with van der Waals surface area (Å²) in [4.78, 5) is 14.0. The molecule has 0 saturated heterocycles. The second kappa shape index (κ2) is 4.37. The minimum atomic E-state index is -0.925. The van der Waals surface area contributed by atoms with Crippen LogP contribution in [0.15, 0.2) is 28.7 Å². The minimum absolute atomic E-state index is 0.749. The fraction of sp³-hybridized carbons (Fsp3) is 0.154. The molecule has 0 atom stereocenters. The highest BCUT2D eigenvalue weighted by Crippen LogP contribution is 2.30. The summed E-state index contributed by atoms with van der Waals surface area (Å²) < 4.78 is 0.980. The smallest absolute Gasteiger partial charge is 0.328 e. The molecule has 88 valence electrons. The van der Waals surface area contributed by atoms with Crippen LogP contribution in [0.25, 0.3) is 16.5 Å². The Labute approximate surface area is 107 Å². The number of fused-ring (bicyclic) bond motifs is 1. The Morgan fingerprint density at radius 2 is 2.18 bits per heavy atom. The Morgan fingerprint density at radius 3 is 2.82 bits per heavy atom. The van der Waals surface area contributed by atoms with Crippen LogP contribution < -0.4 is 0 Å². The van der Waals surface area contributed by atoms with Crippen molar-refractivity contribution in [3.8, 4) is 0 Å². The number of aliphatic carboxylic acids is 1. The Kier molecular flexibility index (Phi) is 3.07. The van der Waals surface area contributed by atoms with Crippen LogP contribution in [0.2, 0.25) is 0 Å². The zero-order valence-electron chi connectivity index (χ0n) is 9.54. The van der Waals surface area contributed by atoms with Crippen LogP contribution in [0.1, 0.15) is 18.2 Å². The molecule has 2 aromatic rings. The van der Waals surface area contributed by atoms with Gasteiger partial charge in [0, 0.05) is 32.7 Å². The lowest BCUT2D eigenvalue weighted by molar-refractivity contribution is -0.131. The second-order valence-corrected chi connectivity index (χ2v) is 4.90. The highest BCUT2D eigenvalue weighted by molar-refractivity contribution is 9.10. The van der Waals surface area contributed by atoms with Crippen LogP contribution in [0.4, 0.5) is 0 Å². The van der Waals surface area contributed by atoms with E-state index >= 15 is 0 Å². The number of hydrogen-bond acceptors (Lipinski definition) is 1. The monoisotopic (exact) mass is 293 g/mol.